The third-order valence-corrected chi connectivity index (χ3v) is 5.53. The fraction of sp³-hybridized carbons (Fsp3) is 0.316. The smallest absolute Gasteiger partial charge is 0.222 e. The number of rotatable bonds is 3. The van der Waals surface area contributed by atoms with E-state index in [2.05, 4.69) is 39.1 Å². The summed E-state index contributed by atoms with van der Waals surface area (Å²) in [7, 11) is 1.59. The second kappa shape index (κ2) is 7.08. The van der Waals surface area contributed by atoms with Crippen molar-refractivity contribution in [2.75, 3.05) is 20.3 Å². The maximum absolute atomic E-state index is 6.49. The largest absolute Gasteiger partial charge is 0.481 e. The Hall–Kier alpha value is -1.40. The summed E-state index contributed by atoms with van der Waals surface area (Å²) < 4.78 is 17.7. The number of aromatic nitrogens is 1. The van der Waals surface area contributed by atoms with Gasteiger partial charge in [-0.1, -0.05) is 39.7 Å². The lowest BCUT2D eigenvalue weighted by Gasteiger charge is -2.14. The Morgan fingerprint density at radius 3 is 2.84 bits per heavy atom. The molecule has 130 valence electrons. The van der Waals surface area contributed by atoms with Gasteiger partial charge in [0, 0.05) is 4.47 Å². The molecule has 0 bridgehead atoms. The fourth-order valence-corrected chi connectivity index (χ4v) is 4.07. The van der Waals surface area contributed by atoms with E-state index in [4.69, 9.17) is 25.8 Å². The Morgan fingerprint density at radius 2 is 2.08 bits per heavy atom. The monoisotopic (exact) mass is 421 g/mol. The van der Waals surface area contributed by atoms with Gasteiger partial charge in [-0.2, -0.15) is 0 Å². The number of fused-ring (bicyclic) bond motifs is 1. The lowest BCUT2D eigenvalue weighted by Crippen LogP contribution is -2.04. The molecule has 1 saturated heterocycles. The quantitative estimate of drug-likeness (QED) is 0.695. The Labute approximate surface area is 159 Å². The number of nitrogens with zero attached hydrogens (tertiary/aromatic N) is 1. The van der Waals surface area contributed by atoms with Crippen molar-refractivity contribution in [3.8, 4) is 5.88 Å². The minimum absolute atomic E-state index is 0.468. The Bertz CT molecular complexity index is 847. The predicted octanol–water partition coefficient (Wildman–Crippen LogP) is 5.04. The summed E-state index contributed by atoms with van der Waals surface area (Å²) in [5.41, 5.74) is 5.23. The van der Waals surface area contributed by atoms with E-state index < -0.39 is 6.29 Å². The number of halogens is 2. The van der Waals surface area contributed by atoms with Gasteiger partial charge in [-0.05, 0) is 47.8 Å². The first kappa shape index (κ1) is 17.0. The number of pyridine rings is 1. The highest BCUT2D eigenvalue weighted by Gasteiger charge is 2.25. The topological polar surface area (TPSA) is 40.6 Å². The van der Waals surface area contributed by atoms with Crippen molar-refractivity contribution in [1.29, 1.82) is 0 Å². The molecule has 0 unspecified atom stereocenters. The number of hydrogen-bond donors (Lipinski definition) is 0. The molecule has 0 radical (unpaired) electrons. The molecule has 0 amide bonds. The van der Waals surface area contributed by atoms with Crippen molar-refractivity contribution in [3.63, 3.8) is 0 Å². The minimum atomic E-state index is -0.468. The van der Waals surface area contributed by atoms with E-state index in [0.29, 0.717) is 29.8 Å². The molecule has 1 fully saturated rings. The summed E-state index contributed by atoms with van der Waals surface area (Å²) in [6, 6.07) is 8.09. The molecule has 0 atom stereocenters. The highest BCUT2D eigenvalue weighted by Crippen LogP contribution is 2.39. The molecule has 6 heteroatoms. The summed E-state index contributed by atoms with van der Waals surface area (Å²) >= 11 is 10.1. The molecule has 2 aliphatic rings. The van der Waals surface area contributed by atoms with Gasteiger partial charge in [0.2, 0.25) is 5.88 Å². The van der Waals surface area contributed by atoms with Crippen molar-refractivity contribution < 1.29 is 14.2 Å². The van der Waals surface area contributed by atoms with Crippen LogP contribution in [0.25, 0.3) is 11.6 Å². The number of ether oxygens (including phenoxy) is 3. The van der Waals surface area contributed by atoms with Crippen LogP contribution in [0, 0.1) is 0 Å². The average molecular weight is 423 g/mol. The number of allylic oxidation sites excluding steroid dienone is 1. The lowest BCUT2D eigenvalue weighted by molar-refractivity contribution is -0.0458. The Balaban J connectivity index is 1.74. The van der Waals surface area contributed by atoms with Crippen LogP contribution in [0.5, 0.6) is 5.88 Å². The first-order chi connectivity index (χ1) is 12.2. The second-order valence-corrected chi connectivity index (χ2v) is 7.22. The molecule has 25 heavy (non-hydrogen) atoms. The van der Waals surface area contributed by atoms with Crippen molar-refractivity contribution in [2.45, 2.75) is 19.1 Å². The van der Waals surface area contributed by atoms with Crippen molar-refractivity contribution in [1.82, 2.24) is 4.98 Å². The Kier molecular flexibility index (Phi) is 4.82. The van der Waals surface area contributed by atoms with Gasteiger partial charge in [0.25, 0.3) is 0 Å². The normalized spacial score (nSPS) is 18.8. The maximum atomic E-state index is 6.49. The van der Waals surface area contributed by atoms with Crippen LogP contribution in [0.3, 0.4) is 0 Å². The van der Waals surface area contributed by atoms with Gasteiger partial charge in [-0.3, -0.25) is 0 Å². The molecular weight excluding hydrogens is 406 g/mol. The first-order valence-corrected chi connectivity index (χ1v) is 9.30. The summed E-state index contributed by atoms with van der Waals surface area (Å²) in [5, 5.41) is 0.561. The molecule has 1 aliphatic carbocycles. The van der Waals surface area contributed by atoms with Crippen LogP contribution in [0.2, 0.25) is 5.02 Å². The van der Waals surface area contributed by atoms with Crippen LogP contribution in [-0.2, 0) is 15.9 Å². The zero-order chi connectivity index (χ0) is 17.4. The first-order valence-electron chi connectivity index (χ1n) is 8.13. The Morgan fingerprint density at radius 1 is 1.28 bits per heavy atom. The van der Waals surface area contributed by atoms with E-state index in [9.17, 15) is 0 Å². The van der Waals surface area contributed by atoms with Crippen LogP contribution in [0.4, 0.5) is 0 Å². The maximum Gasteiger partial charge on any atom is 0.222 e. The molecular formula is C19H17BrClNO3. The number of benzene rings is 1. The zero-order valence-corrected chi connectivity index (χ0v) is 16.1. The van der Waals surface area contributed by atoms with Gasteiger partial charge in [-0.25, -0.2) is 4.98 Å². The zero-order valence-electron chi connectivity index (χ0n) is 13.7. The predicted molar refractivity (Wildman–Crippen MR) is 101 cm³/mol. The van der Waals surface area contributed by atoms with Crippen LogP contribution in [-0.4, -0.2) is 25.3 Å². The van der Waals surface area contributed by atoms with E-state index in [-0.39, 0.29) is 0 Å². The number of methoxy groups -OCH3 is 1. The van der Waals surface area contributed by atoms with Crippen LogP contribution in [0.1, 0.15) is 35.1 Å². The molecule has 1 aliphatic heterocycles. The summed E-state index contributed by atoms with van der Waals surface area (Å²) in [5.74, 6) is 0.482. The second-order valence-electron chi connectivity index (χ2n) is 5.96. The van der Waals surface area contributed by atoms with E-state index in [1.807, 2.05) is 12.1 Å². The molecule has 0 N–H and O–H groups in total. The highest BCUT2D eigenvalue weighted by molar-refractivity contribution is 9.10. The molecule has 2 heterocycles. The standard InChI is InChI=1S/C19H17BrClNO3/c1-23-18-14(19-24-7-8-25-19)10-16(21)17(22-18)9-11-5-6-13-12(11)3-2-4-15(13)20/h2-4,9-10,19H,5-8H2,1H3/b11-9+. The molecule has 2 aromatic rings. The molecule has 4 rings (SSSR count). The van der Waals surface area contributed by atoms with E-state index >= 15 is 0 Å². The van der Waals surface area contributed by atoms with Gasteiger partial charge in [-0.15, -0.1) is 0 Å². The molecule has 4 nitrogen and oxygen atoms in total. The lowest BCUT2D eigenvalue weighted by atomic mass is 10.1. The van der Waals surface area contributed by atoms with Crippen molar-refractivity contribution in [3.05, 3.63) is 56.1 Å². The number of hydrogen-bond acceptors (Lipinski definition) is 4. The third kappa shape index (κ3) is 3.22. The van der Waals surface area contributed by atoms with Gasteiger partial charge in [0.05, 0.1) is 36.6 Å². The van der Waals surface area contributed by atoms with Gasteiger partial charge >= 0.3 is 0 Å². The third-order valence-electron chi connectivity index (χ3n) is 4.49. The van der Waals surface area contributed by atoms with Gasteiger partial charge in [0.1, 0.15) is 0 Å². The summed E-state index contributed by atoms with van der Waals surface area (Å²) in [4.78, 5) is 4.59. The highest BCUT2D eigenvalue weighted by atomic mass is 79.9. The molecule has 1 aromatic heterocycles. The van der Waals surface area contributed by atoms with Crippen molar-refractivity contribution in [2.24, 2.45) is 0 Å². The van der Waals surface area contributed by atoms with Crippen LogP contribution in [0.15, 0.2) is 28.7 Å². The van der Waals surface area contributed by atoms with Gasteiger partial charge in [0.15, 0.2) is 6.29 Å². The average Bonchev–Trinajstić information content (AvgIpc) is 3.27. The van der Waals surface area contributed by atoms with E-state index in [1.54, 1.807) is 7.11 Å². The summed E-state index contributed by atoms with van der Waals surface area (Å²) in [6.07, 6.45) is 3.56. The van der Waals surface area contributed by atoms with E-state index in [0.717, 1.165) is 22.9 Å². The molecule has 1 aromatic carbocycles. The molecule has 0 saturated carbocycles. The van der Waals surface area contributed by atoms with Crippen molar-refractivity contribution >= 4 is 39.2 Å². The minimum Gasteiger partial charge on any atom is -0.481 e. The fourth-order valence-electron chi connectivity index (χ4n) is 3.29. The van der Waals surface area contributed by atoms with Gasteiger partial charge < -0.3 is 14.2 Å². The SMILES string of the molecule is COc1nc(/C=C2\CCc3c(Br)cccc32)c(Cl)cc1C1OCCO1. The van der Waals surface area contributed by atoms with E-state index in [1.165, 1.54) is 16.7 Å². The van der Waals surface area contributed by atoms with Crippen LogP contribution < -0.4 is 4.74 Å². The summed E-state index contributed by atoms with van der Waals surface area (Å²) in [6.45, 7) is 1.12. The van der Waals surface area contributed by atoms with Crippen LogP contribution >= 0.6 is 27.5 Å². The molecule has 0 spiro atoms.